The van der Waals surface area contributed by atoms with Crippen molar-refractivity contribution in [2.24, 2.45) is 0 Å². The van der Waals surface area contributed by atoms with E-state index in [9.17, 15) is 29.7 Å². The number of carbonyl (C=O) groups excluding carboxylic acids is 3. The van der Waals surface area contributed by atoms with E-state index in [2.05, 4.69) is 52.3 Å². The fourth-order valence-corrected chi connectivity index (χ4v) is 4.40. The van der Waals surface area contributed by atoms with E-state index in [1.54, 1.807) is 13.2 Å². The van der Waals surface area contributed by atoms with Crippen LogP contribution in [0.5, 0.6) is 0 Å². The standard InChI is InChI=1S/C19H39NO2.C8H19N.C4H6N2O2.C4H9NO3.C3H6N2.C3H9NO/c1-2-3-4-5-6-7-8-9-10-11-12-13-14-15-16-17-18-20-19(21)22;1-3-5-7-9-8-6-4-2;5-2-1-3-6-4(7)8;1-8-3-2-5-4(6)7;4-2-1-3-5;1-5-3-2-4/h20H,2-18H2,1H3,(H,21,22);9H,3-8H2,1-2H3;6H,1,3H2,(H,7,8);5H,2-3H2,1H3,(H,6,7);1-2,4H2;2-4H2,1H3. The van der Waals surface area contributed by atoms with E-state index < -0.39 is 18.3 Å². The van der Waals surface area contributed by atoms with Gasteiger partial charge in [-0.1, -0.05) is 130 Å². The van der Waals surface area contributed by atoms with Gasteiger partial charge in [0, 0.05) is 33.9 Å². The van der Waals surface area contributed by atoms with E-state index >= 15 is 0 Å². The third kappa shape index (κ3) is 106. The highest BCUT2D eigenvalue weighted by molar-refractivity contribution is 5.62. The molecule has 16 heteroatoms. The Morgan fingerprint density at radius 1 is 0.509 bits per heavy atom. The monoisotopic (exact) mass is 821 g/mol. The maximum absolute atomic E-state index is 10.1. The number of amides is 3. The second-order valence-electron chi connectivity index (χ2n) is 13.0. The van der Waals surface area contributed by atoms with Gasteiger partial charge < -0.3 is 71.9 Å². The van der Waals surface area contributed by atoms with Crippen LogP contribution >= 0.6 is 0 Å². The molecular weight excluding hydrogens is 732 g/mol. The Morgan fingerprint density at radius 3 is 1.14 bits per heavy atom. The first-order valence-corrected chi connectivity index (χ1v) is 21.5. The molecule has 0 aliphatic heterocycles. The van der Waals surface area contributed by atoms with Gasteiger partial charge in [0.05, 0.1) is 64.4 Å². The lowest BCUT2D eigenvalue weighted by Crippen LogP contribution is -2.84. The minimum absolute atomic E-state index is 0.152. The normalized spacial score (nSPS) is 9.28. The molecule has 0 aliphatic carbocycles. The van der Waals surface area contributed by atoms with Crippen molar-refractivity contribution in [3.8, 4) is 12.1 Å². The molecule has 0 aromatic carbocycles. The molecule has 16 nitrogen and oxygen atoms in total. The largest absolute Gasteiger partial charge is 0.530 e. The van der Waals surface area contributed by atoms with Crippen LogP contribution in [0.3, 0.4) is 0 Å². The second kappa shape index (κ2) is 70.4. The Morgan fingerprint density at radius 2 is 0.860 bits per heavy atom. The van der Waals surface area contributed by atoms with Crippen molar-refractivity contribution in [2.45, 2.75) is 162 Å². The van der Waals surface area contributed by atoms with Gasteiger partial charge in [0.1, 0.15) is 18.3 Å². The molecule has 0 saturated heterocycles. The Bertz CT molecular complexity index is 839. The lowest BCUT2D eigenvalue weighted by atomic mass is 10.0. The second-order valence-corrected chi connectivity index (χ2v) is 13.0. The molecule has 0 spiro atoms. The zero-order chi connectivity index (χ0) is 44.3. The smallest absolute Gasteiger partial charge is 0.134 e. The summed E-state index contributed by atoms with van der Waals surface area (Å²) in [4.78, 5) is 29.3. The number of nitrogens with two attached hydrogens (primary N) is 1. The Balaban J connectivity index is -0.000000154. The van der Waals surface area contributed by atoms with Gasteiger partial charge in [0.15, 0.2) is 0 Å². The Kier molecular flexibility index (Phi) is 80.8. The molecule has 340 valence electrons. The number of hydrogen-bond donors (Lipinski definition) is 6. The van der Waals surface area contributed by atoms with Crippen molar-refractivity contribution < 1.29 is 56.0 Å². The van der Waals surface area contributed by atoms with Gasteiger partial charge in [-0.2, -0.15) is 10.5 Å². The van der Waals surface area contributed by atoms with Crippen molar-refractivity contribution in [1.82, 2.24) is 16.0 Å². The Hall–Kier alpha value is -3.41. The SMILES string of the molecule is CCCCCCCCCCCCCCCCCCNC(=O)[O-].CCCC[NH2+]CCCC.COCCNC(=O)[O-].COCC[NH3+].N#CCCNC(=O)[O-].N#CCC[NH3+]. The molecule has 0 aromatic rings. The van der Waals surface area contributed by atoms with Gasteiger partial charge in [-0.3, -0.25) is 0 Å². The fraction of sp³-hybridized carbons (Fsp3) is 0.878. The van der Waals surface area contributed by atoms with Crippen LogP contribution in [0.1, 0.15) is 162 Å². The molecule has 0 heterocycles. The summed E-state index contributed by atoms with van der Waals surface area (Å²) in [7, 11) is 3.17. The van der Waals surface area contributed by atoms with Crippen LogP contribution in [0.2, 0.25) is 0 Å². The number of unbranched alkanes of at least 4 members (excludes halogenated alkanes) is 17. The average Bonchev–Trinajstić information content (AvgIpc) is 3.18. The summed E-state index contributed by atoms with van der Waals surface area (Å²) in [6.07, 6.45) is 23.9. The van der Waals surface area contributed by atoms with Gasteiger partial charge in [0.2, 0.25) is 0 Å². The van der Waals surface area contributed by atoms with E-state index in [-0.39, 0.29) is 13.0 Å². The number of ether oxygens (including phenoxy) is 2. The van der Waals surface area contributed by atoms with E-state index in [1.165, 1.54) is 136 Å². The van der Waals surface area contributed by atoms with E-state index in [0.29, 0.717) is 26.1 Å². The van der Waals surface area contributed by atoms with Crippen molar-refractivity contribution in [3.63, 3.8) is 0 Å². The molecule has 0 atom stereocenters. The van der Waals surface area contributed by atoms with Crippen LogP contribution in [0.15, 0.2) is 0 Å². The summed E-state index contributed by atoms with van der Waals surface area (Å²) in [6.45, 7) is 13.2. The summed E-state index contributed by atoms with van der Waals surface area (Å²) in [5.41, 5.74) is 7.00. The topological polar surface area (TPSA) is 294 Å². The van der Waals surface area contributed by atoms with Gasteiger partial charge in [-0.25, -0.2) is 0 Å². The highest BCUT2D eigenvalue weighted by Crippen LogP contribution is 2.13. The fourth-order valence-electron chi connectivity index (χ4n) is 4.40. The summed E-state index contributed by atoms with van der Waals surface area (Å²) in [5, 5.41) is 53.6. The lowest BCUT2D eigenvalue weighted by Gasteiger charge is -2.06. The molecule has 0 unspecified atom stereocenters. The molecule has 0 rings (SSSR count). The van der Waals surface area contributed by atoms with Gasteiger partial charge in [-0.15, -0.1) is 0 Å². The predicted octanol–water partition coefficient (Wildman–Crippen LogP) is 1.75. The van der Waals surface area contributed by atoms with E-state index in [1.807, 2.05) is 16.7 Å². The molecule has 0 aliphatic rings. The first kappa shape index (κ1) is 65.4. The molecule has 0 radical (unpaired) electrons. The third-order valence-electron chi connectivity index (χ3n) is 7.54. The van der Waals surface area contributed by atoms with Crippen molar-refractivity contribution in [2.75, 3.05) is 73.2 Å². The average molecular weight is 821 g/mol. The van der Waals surface area contributed by atoms with Crippen LogP contribution in [0.25, 0.3) is 0 Å². The number of rotatable bonds is 31. The summed E-state index contributed by atoms with van der Waals surface area (Å²) >= 11 is 0. The predicted molar refractivity (Wildman–Crippen MR) is 221 cm³/mol. The number of carbonyl (C=O) groups is 3. The Labute approximate surface area is 347 Å². The van der Waals surface area contributed by atoms with Crippen molar-refractivity contribution in [3.05, 3.63) is 0 Å². The molecular formula is C41H88N8O8. The first-order valence-electron chi connectivity index (χ1n) is 21.5. The number of nitrogens with zero attached hydrogens (tertiary/aromatic N) is 2. The lowest BCUT2D eigenvalue weighted by molar-refractivity contribution is -0.655. The maximum Gasteiger partial charge on any atom is 0.134 e. The zero-order valence-corrected chi connectivity index (χ0v) is 37.1. The molecule has 0 aromatic heterocycles. The van der Waals surface area contributed by atoms with Crippen LogP contribution in [-0.4, -0.2) is 91.5 Å². The van der Waals surface area contributed by atoms with Crippen LogP contribution in [0, 0.1) is 22.7 Å². The van der Waals surface area contributed by atoms with Crippen molar-refractivity contribution >= 4 is 18.3 Å². The zero-order valence-electron chi connectivity index (χ0n) is 37.1. The van der Waals surface area contributed by atoms with Crippen LogP contribution in [-0.2, 0) is 9.47 Å². The van der Waals surface area contributed by atoms with Crippen LogP contribution in [0.4, 0.5) is 14.4 Å². The molecule has 57 heavy (non-hydrogen) atoms. The molecule has 11 N–H and O–H groups in total. The maximum atomic E-state index is 10.1. The number of nitriles is 2. The molecule has 0 bridgehead atoms. The van der Waals surface area contributed by atoms with Crippen molar-refractivity contribution in [1.29, 1.82) is 10.5 Å². The number of quaternary nitrogens is 3. The minimum atomic E-state index is -1.33. The number of methoxy groups -OCH3 is 2. The molecule has 0 saturated carbocycles. The third-order valence-corrected chi connectivity index (χ3v) is 7.54. The summed E-state index contributed by atoms with van der Waals surface area (Å²) < 4.78 is 9.17. The number of nitrogens with one attached hydrogen (secondary N) is 3. The first-order chi connectivity index (χ1) is 27.6. The number of carboxylic acid groups (broad SMARTS) is 3. The highest BCUT2D eigenvalue weighted by atomic mass is 16.5. The summed E-state index contributed by atoms with van der Waals surface area (Å²) in [6, 6.07) is 3.72. The summed E-state index contributed by atoms with van der Waals surface area (Å²) in [5.74, 6) is 0. The minimum Gasteiger partial charge on any atom is -0.530 e. The molecule has 0 fully saturated rings. The highest BCUT2D eigenvalue weighted by Gasteiger charge is 1.95. The van der Waals surface area contributed by atoms with Gasteiger partial charge >= 0.3 is 0 Å². The van der Waals surface area contributed by atoms with Gasteiger partial charge in [-0.05, 0) is 19.3 Å². The van der Waals surface area contributed by atoms with E-state index in [0.717, 1.165) is 32.5 Å². The number of hydrogen-bond acceptors (Lipinski definition) is 10. The van der Waals surface area contributed by atoms with E-state index in [4.69, 9.17) is 10.5 Å². The molecule has 3 amide bonds. The van der Waals surface area contributed by atoms with Gasteiger partial charge in [0.25, 0.3) is 0 Å². The quantitative estimate of drug-likeness (QED) is 0.0551. The van der Waals surface area contributed by atoms with Crippen LogP contribution < -0.4 is 48.1 Å².